The van der Waals surface area contributed by atoms with E-state index < -0.39 is 11.5 Å². The first-order valence-corrected chi connectivity index (χ1v) is 6.42. The van der Waals surface area contributed by atoms with Gasteiger partial charge in [0.25, 0.3) is 0 Å². The molecule has 0 saturated carbocycles. The average Bonchev–Trinajstić information content (AvgIpc) is 2.59. The van der Waals surface area contributed by atoms with E-state index in [2.05, 4.69) is 13.8 Å². The molecule has 1 fully saturated rings. The third kappa shape index (κ3) is 2.76. The number of carboxylic acids is 1. The second-order valence-corrected chi connectivity index (χ2v) is 6.23. The van der Waals surface area contributed by atoms with Crippen molar-refractivity contribution in [2.45, 2.75) is 46.6 Å². The molecule has 0 aliphatic carbocycles. The van der Waals surface area contributed by atoms with Crippen LogP contribution >= 0.6 is 0 Å². The van der Waals surface area contributed by atoms with Crippen molar-refractivity contribution < 1.29 is 14.7 Å². The minimum atomic E-state index is -1.17. The summed E-state index contributed by atoms with van der Waals surface area (Å²) < 4.78 is 0. The largest absolute Gasteiger partial charge is 0.480 e. The van der Waals surface area contributed by atoms with Crippen molar-refractivity contribution in [3.8, 4) is 0 Å². The fourth-order valence-electron chi connectivity index (χ4n) is 2.33. The number of carbonyl (C=O) groups is 2. The summed E-state index contributed by atoms with van der Waals surface area (Å²) in [5, 5.41) is 9.22. The van der Waals surface area contributed by atoms with Gasteiger partial charge in [0, 0.05) is 19.6 Å². The Morgan fingerprint density at radius 2 is 1.94 bits per heavy atom. The highest BCUT2D eigenvalue weighted by Crippen LogP contribution is 2.30. The highest BCUT2D eigenvalue weighted by Gasteiger charge is 2.41. The molecule has 1 rings (SSSR count). The van der Waals surface area contributed by atoms with Crippen LogP contribution in [-0.4, -0.2) is 52.1 Å². The molecular formula is C13H24N2O3. The first-order chi connectivity index (χ1) is 8.12. The van der Waals surface area contributed by atoms with Gasteiger partial charge in [0.05, 0.1) is 0 Å². The molecule has 5 heteroatoms. The maximum Gasteiger partial charge on any atom is 0.329 e. The van der Waals surface area contributed by atoms with Crippen molar-refractivity contribution in [3.05, 3.63) is 0 Å². The highest BCUT2D eigenvalue weighted by atomic mass is 16.4. The predicted molar refractivity (Wildman–Crippen MR) is 69.5 cm³/mol. The summed E-state index contributed by atoms with van der Waals surface area (Å²) in [5.41, 5.74) is -1.04. The Morgan fingerprint density at radius 3 is 2.28 bits per heavy atom. The standard InChI is InChI=1S/C13H24N2O3/c1-6-15(13(4,5)10(16)17)11(18)14-8-7-12(2,3)9-14/h6-9H2,1-5H3,(H,16,17). The number of aliphatic carboxylic acids is 1. The summed E-state index contributed by atoms with van der Waals surface area (Å²) in [4.78, 5) is 26.8. The summed E-state index contributed by atoms with van der Waals surface area (Å²) in [6.07, 6.45) is 0.962. The molecule has 0 aromatic heterocycles. The van der Waals surface area contributed by atoms with Crippen LogP contribution < -0.4 is 0 Å². The third-order valence-electron chi connectivity index (χ3n) is 3.69. The summed E-state index contributed by atoms with van der Waals surface area (Å²) in [6, 6.07) is -0.171. The number of carbonyl (C=O) groups excluding carboxylic acids is 1. The van der Waals surface area contributed by atoms with Crippen LogP contribution in [0.15, 0.2) is 0 Å². The Balaban J connectivity index is 2.85. The SMILES string of the molecule is CCN(C(=O)N1CCC(C)(C)C1)C(C)(C)C(=O)O. The molecular weight excluding hydrogens is 232 g/mol. The van der Waals surface area contributed by atoms with E-state index in [1.165, 1.54) is 4.90 Å². The van der Waals surface area contributed by atoms with E-state index in [1.54, 1.807) is 18.7 Å². The van der Waals surface area contributed by atoms with Crippen molar-refractivity contribution in [1.82, 2.24) is 9.80 Å². The number of nitrogens with zero attached hydrogens (tertiary/aromatic N) is 2. The van der Waals surface area contributed by atoms with Gasteiger partial charge in [-0.05, 0) is 32.6 Å². The third-order valence-corrected chi connectivity index (χ3v) is 3.69. The molecule has 2 amide bonds. The monoisotopic (exact) mass is 256 g/mol. The van der Waals surface area contributed by atoms with Gasteiger partial charge in [0.1, 0.15) is 5.54 Å². The molecule has 5 nitrogen and oxygen atoms in total. The van der Waals surface area contributed by atoms with Crippen LogP contribution in [0.5, 0.6) is 0 Å². The first kappa shape index (κ1) is 14.8. The van der Waals surface area contributed by atoms with E-state index in [4.69, 9.17) is 0 Å². The lowest BCUT2D eigenvalue weighted by Gasteiger charge is -2.37. The normalized spacial score (nSPS) is 18.8. The van der Waals surface area contributed by atoms with Gasteiger partial charge < -0.3 is 14.9 Å². The number of urea groups is 1. The highest BCUT2D eigenvalue weighted by molar-refractivity contribution is 5.85. The molecule has 0 aromatic rings. The zero-order chi connectivity index (χ0) is 14.1. The molecule has 1 N–H and O–H groups in total. The second-order valence-electron chi connectivity index (χ2n) is 6.23. The number of hydrogen-bond acceptors (Lipinski definition) is 2. The minimum Gasteiger partial charge on any atom is -0.480 e. The molecule has 1 saturated heterocycles. The number of amides is 2. The molecule has 0 bridgehead atoms. The van der Waals surface area contributed by atoms with Crippen LogP contribution in [0.3, 0.4) is 0 Å². The van der Waals surface area contributed by atoms with E-state index in [1.807, 2.05) is 6.92 Å². The molecule has 0 radical (unpaired) electrons. The van der Waals surface area contributed by atoms with Crippen LogP contribution in [0.1, 0.15) is 41.0 Å². The van der Waals surface area contributed by atoms with Crippen LogP contribution in [0.4, 0.5) is 4.79 Å². The van der Waals surface area contributed by atoms with Gasteiger partial charge >= 0.3 is 12.0 Å². The lowest BCUT2D eigenvalue weighted by molar-refractivity contribution is -0.147. The Kier molecular flexibility index (Phi) is 3.93. The van der Waals surface area contributed by atoms with Crippen molar-refractivity contribution >= 4 is 12.0 Å². The molecule has 0 aromatic carbocycles. The zero-order valence-corrected chi connectivity index (χ0v) is 12.0. The molecule has 1 aliphatic heterocycles. The van der Waals surface area contributed by atoms with Gasteiger partial charge in [-0.2, -0.15) is 0 Å². The molecule has 18 heavy (non-hydrogen) atoms. The summed E-state index contributed by atoms with van der Waals surface area (Å²) >= 11 is 0. The van der Waals surface area contributed by atoms with Gasteiger partial charge in [0.15, 0.2) is 0 Å². The summed E-state index contributed by atoms with van der Waals surface area (Å²) in [7, 11) is 0. The van der Waals surface area contributed by atoms with Crippen LogP contribution in [0.25, 0.3) is 0 Å². The van der Waals surface area contributed by atoms with Crippen molar-refractivity contribution in [2.75, 3.05) is 19.6 Å². The maximum atomic E-state index is 12.4. The number of carboxylic acid groups (broad SMARTS) is 1. The fraction of sp³-hybridized carbons (Fsp3) is 0.846. The smallest absolute Gasteiger partial charge is 0.329 e. The average molecular weight is 256 g/mol. The molecule has 0 atom stereocenters. The lowest BCUT2D eigenvalue weighted by Crippen LogP contribution is -2.56. The number of rotatable bonds is 3. The molecule has 1 aliphatic rings. The predicted octanol–water partition coefficient (Wildman–Crippen LogP) is 2.02. The van der Waals surface area contributed by atoms with E-state index in [0.717, 1.165) is 6.42 Å². The minimum absolute atomic E-state index is 0.127. The van der Waals surface area contributed by atoms with E-state index in [-0.39, 0.29) is 11.4 Å². The quantitative estimate of drug-likeness (QED) is 0.840. The van der Waals surface area contributed by atoms with Crippen LogP contribution in [0, 0.1) is 5.41 Å². The lowest BCUT2D eigenvalue weighted by atomic mass is 9.93. The van der Waals surface area contributed by atoms with Gasteiger partial charge in [-0.3, -0.25) is 0 Å². The molecule has 1 heterocycles. The zero-order valence-electron chi connectivity index (χ0n) is 12.0. The maximum absolute atomic E-state index is 12.4. The number of hydrogen-bond donors (Lipinski definition) is 1. The van der Waals surface area contributed by atoms with Crippen LogP contribution in [-0.2, 0) is 4.79 Å². The number of likely N-dealkylation sites (tertiary alicyclic amines) is 1. The Hall–Kier alpha value is -1.26. The summed E-state index contributed by atoms with van der Waals surface area (Å²) in [6.45, 7) is 11.0. The Bertz CT molecular complexity index is 350. The van der Waals surface area contributed by atoms with Crippen molar-refractivity contribution in [2.24, 2.45) is 5.41 Å². The Labute approximate surface area is 109 Å². The van der Waals surface area contributed by atoms with E-state index in [9.17, 15) is 14.7 Å². The topological polar surface area (TPSA) is 60.9 Å². The first-order valence-electron chi connectivity index (χ1n) is 6.42. The fourth-order valence-corrected chi connectivity index (χ4v) is 2.33. The van der Waals surface area contributed by atoms with Gasteiger partial charge in [-0.1, -0.05) is 13.8 Å². The molecule has 104 valence electrons. The summed E-state index contributed by atoms with van der Waals surface area (Å²) in [5.74, 6) is -0.976. The van der Waals surface area contributed by atoms with E-state index in [0.29, 0.717) is 19.6 Å². The molecule has 0 spiro atoms. The van der Waals surface area contributed by atoms with Crippen molar-refractivity contribution in [1.29, 1.82) is 0 Å². The van der Waals surface area contributed by atoms with Crippen molar-refractivity contribution in [3.63, 3.8) is 0 Å². The van der Waals surface area contributed by atoms with Crippen LogP contribution in [0.2, 0.25) is 0 Å². The number of likely N-dealkylation sites (N-methyl/N-ethyl adjacent to an activating group) is 1. The van der Waals surface area contributed by atoms with Gasteiger partial charge in [-0.25, -0.2) is 9.59 Å². The molecule has 0 unspecified atom stereocenters. The van der Waals surface area contributed by atoms with Gasteiger partial charge in [0.2, 0.25) is 0 Å². The van der Waals surface area contributed by atoms with Gasteiger partial charge in [-0.15, -0.1) is 0 Å². The van der Waals surface area contributed by atoms with E-state index >= 15 is 0 Å². The second kappa shape index (κ2) is 4.78. The Morgan fingerprint density at radius 1 is 1.39 bits per heavy atom.